The van der Waals surface area contributed by atoms with E-state index in [1.807, 2.05) is 6.92 Å². The number of hydrogen-bond acceptors (Lipinski definition) is 5. The van der Waals surface area contributed by atoms with Gasteiger partial charge in [-0.2, -0.15) is 0 Å². The molecule has 2 aromatic heterocycles. The summed E-state index contributed by atoms with van der Waals surface area (Å²) in [5.41, 5.74) is 8.62. The van der Waals surface area contributed by atoms with Gasteiger partial charge in [0.05, 0.1) is 18.2 Å². The number of likely N-dealkylation sites (N-methyl/N-ethyl adjacent to an activating group) is 1. The van der Waals surface area contributed by atoms with Crippen LogP contribution < -0.4 is 5.73 Å². The SMILES string of the molecule is Cc1ccc(F)c(-c2cnc(-n3cc(C(C)O)c4ccc(C(=O)N(C)CC(N)=O)cc43)nc2)c1. The van der Waals surface area contributed by atoms with Gasteiger partial charge in [-0.25, -0.2) is 14.4 Å². The normalized spacial score (nSPS) is 12.0. The molecule has 4 rings (SSSR count). The third-order valence-electron chi connectivity index (χ3n) is 5.56. The third kappa shape index (κ3) is 4.38. The fourth-order valence-corrected chi connectivity index (χ4v) is 3.86. The van der Waals surface area contributed by atoms with Crippen molar-refractivity contribution in [2.24, 2.45) is 5.73 Å². The second kappa shape index (κ2) is 9.03. The summed E-state index contributed by atoms with van der Waals surface area (Å²) in [5.74, 6) is -1.06. The minimum atomic E-state index is -0.775. The van der Waals surface area contributed by atoms with Crippen LogP contribution in [0.3, 0.4) is 0 Å². The van der Waals surface area contributed by atoms with Gasteiger partial charge in [0.2, 0.25) is 11.9 Å². The summed E-state index contributed by atoms with van der Waals surface area (Å²) in [6.45, 7) is 3.31. The number of nitrogens with two attached hydrogens (primary N) is 1. The molecule has 0 saturated carbocycles. The molecule has 0 fully saturated rings. The van der Waals surface area contributed by atoms with Gasteiger partial charge in [0.15, 0.2) is 0 Å². The molecule has 0 aliphatic heterocycles. The van der Waals surface area contributed by atoms with Gasteiger partial charge in [-0.15, -0.1) is 0 Å². The number of amides is 2. The van der Waals surface area contributed by atoms with Crippen LogP contribution >= 0.6 is 0 Å². The van der Waals surface area contributed by atoms with Crippen molar-refractivity contribution in [2.75, 3.05) is 13.6 Å². The van der Waals surface area contributed by atoms with Crippen molar-refractivity contribution in [3.8, 4) is 17.1 Å². The van der Waals surface area contributed by atoms with Crippen LogP contribution in [0.1, 0.15) is 34.5 Å². The number of carbonyl (C=O) groups is 2. The van der Waals surface area contributed by atoms with Crippen molar-refractivity contribution in [2.45, 2.75) is 20.0 Å². The zero-order valence-corrected chi connectivity index (χ0v) is 19.0. The van der Waals surface area contributed by atoms with E-state index >= 15 is 0 Å². The second-order valence-corrected chi connectivity index (χ2v) is 8.24. The van der Waals surface area contributed by atoms with Crippen LogP contribution in [0.5, 0.6) is 0 Å². The largest absolute Gasteiger partial charge is 0.389 e. The van der Waals surface area contributed by atoms with Crippen LogP contribution in [0.4, 0.5) is 4.39 Å². The molecule has 1 unspecified atom stereocenters. The first kappa shape index (κ1) is 23.1. The number of aromatic nitrogens is 3. The molecule has 8 nitrogen and oxygen atoms in total. The lowest BCUT2D eigenvalue weighted by molar-refractivity contribution is -0.118. The lowest BCUT2D eigenvalue weighted by Gasteiger charge is -2.15. The number of aliphatic hydroxyl groups is 1. The Bertz CT molecular complexity index is 1400. The molecular formula is C25H24FN5O3. The summed E-state index contributed by atoms with van der Waals surface area (Å²) in [4.78, 5) is 34.0. The molecule has 1 atom stereocenters. The van der Waals surface area contributed by atoms with Crippen molar-refractivity contribution in [1.29, 1.82) is 0 Å². The maximum atomic E-state index is 14.3. The van der Waals surface area contributed by atoms with Crippen molar-refractivity contribution in [1.82, 2.24) is 19.4 Å². The van der Waals surface area contributed by atoms with E-state index in [1.54, 1.807) is 48.0 Å². The summed E-state index contributed by atoms with van der Waals surface area (Å²) in [5, 5.41) is 11.0. The van der Waals surface area contributed by atoms with E-state index in [4.69, 9.17) is 5.73 Å². The van der Waals surface area contributed by atoms with E-state index in [0.717, 1.165) is 10.9 Å². The van der Waals surface area contributed by atoms with Gasteiger partial charge >= 0.3 is 0 Å². The number of primary amides is 1. The van der Waals surface area contributed by atoms with Gasteiger partial charge < -0.3 is 15.7 Å². The minimum absolute atomic E-state index is 0.211. The zero-order valence-electron chi connectivity index (χ0n) is 19.0. The van der Waals surface area contributed by atoms with Gasteiger partial charge in [0.1, 0.15) is 5.82 Å². The molecule has 0 bridgehead atoms. The van der Waals surface area contributed by atoms with Crippen LogP contribution in [0.25, 0.3) is 28.0 Å². The van der Waals surface area contributed by atoms with E-state index in [0.29, 0.717) is 33.7 Å². The third-order valence-corrected chi connectivity index (χ3v) is 5.56. The molecule has 3 N–H and O–H groups in total. The Balaban J connectivity index is 1.79. The van der Waals surface area contributed by atoms with Crippen LogP contribution in [-0.2, 0) is 4.79 Å². The number of benzene rings is 2. The summed E-state index contributed by atoms with van der Waals surface area (Å²) >= 11 is 0. The lowest BCUT2D eigenvalue weighted by Crippen LogP contribution is -2.35. The zero-order chi connectivity index (χ0) is 24.6. The number of nitrogens with zero attached hydrogens (tertiary/aromatic N) is 4. The molecule has 2 aromatic carbocycles. The fourth-order valence-electron chi connectivity index (χ4n) is 3.86. The maximum Gasteiger partial charge on any atom is 0.254 e. The predicted molar refractivity (Wildman–Crippen MR) is 126 cm³/mol. The Labute approximate surface area is 195 Å². The Morgan fingerprint density at radius 1 is 1.18 bits per heavy atom. The summed E-state index contributed by atoms with van der Waals surface area (Å²) in [7, 11) is 1.49. The molecule has 0 radical (unpaired) electrons. The molecule has 0 saturated heterocycles. The van der Waals surface area contributed by atoms with E-state index in [9.17, 15) is 19.1 Å². The molecule has 0 aliphatic carbocycles. The average molecular weight is 461 g/mol. The molecule has 9 heteroatoms. The highest BCUT2D eigenvalue weighted by molar-refractivity contribution is 6.00. The Kier molecular flexibility index (Phi) is 6.12. The monoisotopic (exact) mass is 461 g/mol. The van der Waals surface area contributed by atoms with E-state index in [1.165, 1.54) is 30.4 Å². The maximum absolute atomic E-state index is 14.3. The highest BCUT2D eigenvalue weighted by Gasteiger charge is 2.19. The molecule has 2 amide bonds. The molecule has 0 spiro atoms. The fraction of sp³-hybridized carbons (Fsp3) is 0.200. The van der Waals surface area contributed by atoms with Gasteiger partial charge in [-0.1, -0.05) is 17.7 Å². The van der Waals surface area contributed by atoms with Gasteiger partial charge in [-0.05, 0) is 38.1 Å². The first-order valence-electron chi connectivity index (χ1n) is 10.6. The smallest absolute Gasteiger partial charge is 0.254 e. The number of fused-ring (bicyclic) bond motifs is 1. The van der Waals surface area contributed by atoms with Crippen molar-refractivity contribution in [3.63, 3.8) is 0 Å². The topological polar surface area (TPSA) is 114 Å². The molecule has 0 aliphatic rings. The molecular weight excluding hydrogens is 437 g/mol. The van der Waals surface area contributed by atoms with Crippen LogP contribution in [-0.4, -0.2) is 49.9 Å². The standard InChI is InChI=1S/C25H24FN5O3/c1-14-4-7-21(26)19(8-14)17-10-28-25(29-11-17)31-12-20(15(2)32)18-6-5-16(9-22(18)31)24(34)30(3)13-23(27)33/h4-12,15,32H,13H2,1-3H3,(H2,27,33). The van der Waals surface area contributed by atoms with E-state index < -0.39 is 12.0 Å². The first-order chi connectivity index (χ1) is 16.2. The van der Waals surface area contributed by atoms with Crippen LogP contribution in [0.15, 0.2) is 55.0 Å². The van der Waals surface area contributed by atoms with Crippen LogP contribution in [0, 0.1) is 12.7 Å². The molecule has 4 aromatic rings. The quantitative estimate of drug-likeness (QED) is 0.458. The Hall–Kier alpha value is -4.11. The Morgan fingerprint density at radius 3 is 2.53 bits per heavy atom. The number of halogens is 1. The molecule has 174 valence electrons. The van der Waals surface area contributed by atoms with Gasteiger partial charge in [0.25, 0.3) is 5.91 Å². The first-order valence-corrected chi connectivity index (χ1v) is 10.6. The van der Waals surface area contributed by atoms with Crippen molar-refractivity contribution < 1.29 is 19.1 Å². The molecule has 34 heavy (non-hydrogen) atoms. The minimum Gasteiger partial charge on any atom is -0.389 e. The summed E-state index contributed by atoms with van der Waals surface area (Å²) in [6.07, 6.45) is 4.00. The predicted octanol–water partition coefficient (Wildman–Crippen LogP) is 3.15. The number of hydrogen-bond donors (Lipinski definition) is 2. The summed E-state index contributed by atoms with van der Waals surface area (Å²) < 4.78 is 16.0. The van der Waals surface area contributed by atoms with Gasteiger partial charge in [0, 0.05) is 53.3 Å². The van der Waals surface area contributed by atoms with Gasteiger partial charge in [-0.3, -0.25) is 14.2 Å². The highest BCUT2D eigenvalue weighted by Crippen LogP contribution is 2.30. The summed E-state index contributed by atoms with van der Waals surface area (Å²) in [6, 6.07) is 9.83. The van der Waals surface area contributed by atoms with E-state index in [-0.39, 0.29) is 18.3 Å². The van der Waals surface area contributed by atoms with Crippen molar-refractivity contribution in [3.05, 3.63) is 77.5 Å². The number of aryl methyl sites for hydroxylation is 1. The number of rotatable bonds is 6. The average Bonchev–Trinajstić information content (AvgIpc) is 3.19. The number of aliphatic hydroxyl groups excluding tert-OH is 1. The molecule has 2 heterocycles. The van der Waals surface area contributed by atoms with Crippen LogP contribution in [0.2, 0.25) is 0 Å². The van der Waals surface area contributed by atoms with Crippen molar-refractivity contribution >= 4 is 22.7 Å². The van der Waals surface area contributed by atoms with E-state index in [2.05, 4.69) is 9.97 Å². The lowest BCUT2D eigenvalue weighted by atomic mass is 10.1. The second-order valence-electron chi connectivity index (χ2n) is 8.24. The Morgan fingerprint density at radius 2 is 1.88 bits per heavy atom. The highest BCUT2D eigenvalue weighted by atomic mass is 19.1. The number of carbonyl (C=O) groups excluding carboxylic acids is 2.